The second-order valence-electron chi connectivity index (χ2n) is 5.49. The van der Waals surface area contributed by atoms with Gasteiger partial charge in [0.15, 0.2) is 0 Å². The van der Waals surface area contributed by atoms with Gasteiger partial charge in [0.2, 0.25) is 0 Å². The zero-order valence-electron chi connectivity index (χ0n) is 12.2. The number of benzene rings is 1. The molecule has 1 aromatic carbocycles. The van der Waals surface area contributed by atoms with Crippen molar-refractivity contribution in [1.82, 2.24) is 5.32 Å². The van der Waals surface area contributed by atoms with Crippen molar-refractivity contribution in [1.29, 1.82) is 0 Å². The minimum atomic E-state index is -1.14. The molecule has 5 nitrogen and oxygen atoms in total. The van der Waals surface area contributed by atoms with E-state index in [0.29, 0.717) is 24.2 Å². The van der Waals surface area contributed by atoms with Crippen LogP contribution in [-0.2, 0) is 4.79 Å². The highest BCUT2D eigenvalue weighted by Crippen LogP contribution is 2.28. The fourth-order valence-electron chi connectivity index (χ4n) is 2.78. The molecule has 21 heavy (non-hydrogen) atoms. The molecule has 0 heterocycles. The number of carbonyl (C=O) groups excluding carboxylic acids is 1. The molecular weight excluding hydrogens is 270 g/mol. The number of hydrogen-bond acceptors (Lipinski definition) is 3. The van der Waals surface area contributed by atoms with E-state index in [1.54, 1.807) is 24.3 Å². The topological polar surface area (TPSA) is 75.6 Å². The number of carboxylic acid groups (broad SMARTS) is 1. The molecular formula is C16H21NO4. The molecule has 0 aromatic heterocycles. The van der Waals surface area contributed by atoms with Crippen LogP contribution in [-0.4, -0.2) is 29.6 Å². The highest BCUT2D eigenvalue weighted by atomic mass is 16.5. The van der Waals surface area contributed by atoms with Gasteiger partial charge in [-0.2, -0.15) is 0 Å². The summed E-state index contributed by atoms with van der Waals surface area (Å²) < 4.78 is 5.09. The highest BCUT2D eigenvalue weighted by molar-refractivity contribution is 5.98. The van der Waals surface area contributed by atoms with E-state index in [0.717, 1.165) is 25.7 Å². The predicted molar refractivity (Wildman–Crippen MR) is 78.5 cm³/mol. The van der Waals surface area contributed by atoms with Crippen LogP contribution in [0.15, 0.2) is 24.3 Å². The summed E-state index contributed by atoms with van der Waals surface area (Å²) in [6.45, 7) is 0. The molecule has 1 aliphatic rings. The SMILES string of the molecule is COc1cccc(C(=O)NC2(C(=O)O)CCCCCC2)c1. The van der Waals surface area contributed by atoms with Crippen molar-refractivity contribution in [3.05, 3.63) is 29.8 Å². The largest absolute Gasteiger partial charge is 0.497 e. The van der Waals surface area contributed by atoms with Gasteiger partial charge in [0, 0.05) is 5.56 Å². The van der Waals surface area contributed by atoms with Crippen molar-refractivity contribution in [3.8, 4) is 5.75 Å². The van der Waals surface area contributed by atoms with Crippen molar-refractivity contribution >= 4 is 11.9 Å². The van der Waals surface area contributed by atoms with E-state index >= 15 is 0 Å². The van der Waals surface area contributed by atoms with Crippen LogP contribution in [0.4, 0.5) is 0 Å². The molecule has 2 N–H and O–H groups in total. The molecule has 1 amide bonds. The Hall–Kier alpha value is -2.04. The molecule has 0 aliphatic heterocycles. The maximum atomic E-state index is 12.4. The molecule has 0 atom stereocenters. The Bertz CT molecular complexity index is 519. The number of rotatable bonds is 4. The summed E-state index contributed by atoms with van der Waals surface area (Å²) in [5.41, 5.74) is -0.726. The summed E-state index contributed by atoms with van der Waals surface area (Å²) in [6.07, 6.45) is 4.65. The summed E-state index contributed by atoms with van der Waals surface area (Å²) in [5, 5.41) is 12.3. The second kappa shape index (κ2) is 6.61. The maximum absolute atomic E-state index is 12.4. The first-order chi connectivity index (χ1) is 10.1. The van der Waals surface area contributed by atoms with E-state index in [9.17, 15) is 14.7 Å². The number of hydrogen-bond donors (Lipinski definition) is 2. The lowest BCUT2D eigenvalue weighted by Gasteiger charge is -2.29. The maximum Gasteiger partial charge on any atom is 0.329 e. The molecule has 1 aliphatic carbocycles. The fraction of sp³-hybridized carbons (Fsp3) is 0.500. The third kappa shape index (κ3) is 3.54. The van der Waals surface area contributed by atoms with Gasteiger partial charge in [0.1, 0.15) is 11.3 Å². The molecule has 114 valence electrons. The van der Waals surface area contributed by atoms with E-state index in [-0.39, 0.29) is 5.91 Å². The van der Waals surface area contributed by atoms with Gasteiger partial charge in [0.05, 0.1) is 7.11 Å². The van der Waals surface area contributed by atoms with Crippen molar-refractivity contribution in [2.24, 2.45) is 0 Å². The molecule has 0 radical (unpaired) electrons. The minimum absolute atomic E-state index is 0.363. The Morgan fingerprint density at radius 1 is 1.19 bits per heavy atom. The van der Waals surface area contributed by atoms with E-state index < -0.39 is 11.5 Å². The molecule has 1 fully saturated rings. The third-order valence-electron chi connectivity index (χ3n) is 4.05. The van der Waals surface area contributed by atoms with Crippen LogP contribution in [0.2, 0.25) is 0 Å². The van der Waals surface area contributed by atoms with Gasteiger partial charge in [-0.1, -0.05) is 31.7 Å². The van der Waals surface area contributed by atoms with E-state index in [4.69, 9.17) is 4.74 Å². The standard InChI is InChI=1S/C16H21NO4/c1-21-13-8-6-7-12(11-13)14(18)17-16(15(19)20)9-4-2-3-5-10-16/h6-8,11H,2-5,9-10H2,1H3,(H,17,18)(H,19,20). The lowest BCUT2D eigenvalue weighted by atomic mass is 9.90. The Morgan fingerprint density at radius 2 is 1.86 bits per heavy atom. The fourth-order valence-corrected chi connectivity index (χ4v) is 2.78. The number of carboxylic acids is 1. The van der Waals surface area contributed by atoms with Crippen LogP contribution in [0.5, 0.6) is 5.75 Å². The molecule has 0 bridgehead atoms. The number of carbonyl (C=O) groups is 2. The Balaban J connectivity index is 2.19. The zero-order chi connectivity index (χ0) is 15.3. The number of ether oxygens (including phenoxy) is 1. The summed E-state index contributed by atoms with van der Waals surface area (Å²) in [5.74, 6) is -0.730. The van der Waals surface area contributed by atoms with Gasteiger partial charge in [0.25, 0.3) is 5.91 Å². The predicted octanol–water partition coefficient (Wildman–Crippen LogP) is 2.60. The van der Waals surface area contributed by atoms with E-state index in [1.165, 1.54) is 7.11 Å². The average molecular weight is 291 g/mol. The lowest BCUT2D eigenvalue weighted by Crippen LogP contribution is -2.54. The molecule has 0 unspecified atom stereocenters. The number of methoxy groups -OCH3 is 1. The van der Waals surface area contributed by atoms with E-state index in [2.05, 4.69) is 5.32 Å². The minimum Gasteiger partial charge on any atom is -0.497 e. The van der Waals surface area contributed by atoms with Crippen LogP contribution in [0.1, 0.15) is 48.9 Å². The molecule has 0 spiro atoms. The molecule has 5 heteroatoms. The van der Waals surface area contributed by atoms with Crippen LogP contribution in [0, 0.1) is 0 Å². The number of nitrogens with one attached hydrogen (secondary N) is 1. The number of amides is 1. The summed E-state index contributed by atoms with van der Waals surface area (Å²) >= 11 is 0. The van der Waals surface area contributed by atoms with Gasteiger partial charge < -0.3 is 15.2 Å². The van der Waals surface area contributed by atoms with Crippen LogP contribution >= 0.6 is 0 Å². The van der Waals surface area contributed by atoms with Crippen LogP contribution in [0.3, 0.4) is 0 Å². The quantitative estimate of drug-likeness (QED) is 0.836. The van der Waals surface area contributed by atoms with Crippen LogP contribution in [0.25, 0.3) is 0 Å². The summed E-state index contributed by atoms with van der Waals surface area (Å²) in [6, 6.07) is 6.73. The Morgan fingerprint density at radius 3 is 2.43 bits per heavy atom. The average Bonchev–Trinajstić information content (AvgIpc) is 2.74. The Kier molecular flexibility index (Phi) is 4.83. The van der Waals surface area contributed by atoms with Gasteiger partial charge in [-0.05, 0) is 31.0 Å². The second-order valence-corrected chi connectivity index (χ2v) is 5.49. The normalized spacial score (nSPS) is 17.6. The first kappa shape index (κ1) is 15.4. The smallest absolute Gasteiger partial charge is 0.329 e. The van der Waals surface area contributed by atoms with Gasteiger partial charge in [-0.3, -0.25) is 4.79 Å². The first-order valence-corrected chi connectivity index (χ1v) is 7.27. The Labute approximate surface area is 124 Å². The third-order valence-corrected chi connectivity index (χ3v) is 4.05. The first-order valence-electron chi connectivity index (χ1n) is 7.27. The lowest BCUT2D eigenvalue weighted by molar-refractivity contribution is -0.145. The van der Waals surface area contributed by atoms with Crippen molar-refractivity contribution < 1.29 is 19.4 Å². The molecule has 2 rings (SSSR count). The van der Waals surface area contributed by atoms with Crippen molar-refractivity contribution in [2.45, 2.75) is 44.1 Å². The molecule has 1 aromatic rings. The van der Waals surface area contributed by atoms with Gasteiger partial charge in [-0.25, -0.2) is 4.79 Å². The van der Waals surface area contributed by atoms with Crippen LogP contribution < -0.4 is 10.1 Å². The van der Waals surface area contributed by atoms with Gasteiger partial charge >= 0.3 is 5.97 Å². The van der Waals surface area contributed by atoms with E-state index in [1.807, 2.05) is 0 Å². The summed E-state index contributed by atoms with van der Waals surface area (Å²) in [4.78, 5) is 24.1. The van der Waals surface area contributed by atoms with Gasteiger partial charge in [-0.15, -0.1) is 0 Å². The molecule has 1 saturated carbocycles. The monoisotopic (exact) mass is 291 g/mol. The molecule has 0 saturated heterocycles. The summed E-state index contributed by atoms with van der Waals surface area (Å²) in [7, 11) is 1.53. The zero-order valence-corrected chi connectivity index (χ0v) is 12.2. The van der Waals surface area contributed by atoms with Crippen molar-refractivity contribution in [2.75, 3.05) is 7.11 Å². The highest BCUT2D eigenvalue weighted by Gasteiger charge is 2.40. The number of aliphatic carboxylic acids is 1. The van der Waals surface area contributed by atoms with Crippen molar-refractivity contribution in [3.63, 3.8) is 0 Å².